The zero-order valence-electron chi connectivity index (χ0n) is 10.4. The Morgan fingerprint density at radius 2 is 2.00 bits per heavy atom. The van der Waals surface area contributed by atoms with Gasteiger partial charge in [-0.1, -0.05) is 19.3 Å². The van der Waals surface area contributed by atoms with E-state index in [1.807, 2.05) is 0 Å². The van der Waals surface area contributed by atoms with Crippen molar-refractivity contribution < 1.29 is 14.4 Å². The summed E-state index contributed by atoms with van der Waals surface area (Å²) in [7, 11) is 0. The number of carbonyl (C=O) groups excluding carboxylic acids is 3. The summed E-state index contributed by atoms with van der Waals surface area (Å²) in [4.78, 5) is 35.5. The van der Waals surface area contributed by atoms with E-state index in [9.17, 15) is 14.4 Å². The molecule has 2 fully saturated rings. The standard InChI is InChI=1S/C12H19N3O3/c16-10-8-14-12(18)15(10)7-6-13-11(17)9-4-2-1-3-5-9/h9H,1-8H2,(H,13,17)(H,14,18). The van der Waals surface area contributed by atoms with Crippen LogP contribution >= 0.6 is 0 Å². The Hall–Kier alpha value is -1.59. The van der Waals surface area contributed by atoms with Crippen molar-refractivity contribution >= 4 is 17.8 Å². The maximum atomic E-state index is 11.8. The van der Waals surface area contributed by atoms with Crippen LogP contribution in [0.1, 0.15) is 32.1 Å². The average molecular weight is 253 g/mol. The number of urea groups is 1. The molecule has 1 heterocycles. The molecule has 0 aromatic heterocycles. The molecule has 6 nitrogen and oxygen atoms in total. The Labute approximate surface area is 106 Å². The molecule has 4 amide bonds. The minimum atomic E-state index is -0.369. The van der Waals surface area contributed by atoms with Crippen LogP contribution in [0.25, 0.3) is 0 Å². The number of amides is 4. The summed E-state index contributed by atoms with van der Waals surface area (Å²) in [6.45, 7) is 0.660. The number of hydrogen-bond donors (Lipinski definition) is 2. The van der Waals surface area contributed by atoms with Gasteiger partial charge in [0.05, 0.1) is 6.54 Å². The molecule has 0 aromatic carbocycles. The summed E-state index contributed by atoms with van der Waals surface area (Å²) in [6, 6.07) is -0.369. The Balaban J connectivity index is 1.69. The first kappa shape index (κ1) is 12.9. The van der Waals surface area contributed by atoms with Crippen molar-refractivity contribution in [1.29, 1.82) is 0 Å². The van der Waals surface area contributed by atoms with E-state index in [4.69, 9.17) is 0 Å². The molecule has 6 heteroatoms. The molecule has 0 bridgehead atoms. The van der Waals surface area contributed by atoms with Crippen LogP contribution in [-0.2, 0) is 9.59 Å². The Bertz CT molecular complexity index is 334. The van der Waals surface area contributed by atoms with Gasteiger partial charge in [0.25, 0.3) is 0 Å². The van der Waals surface area contributed by atoms with Gasteiger partial charge in [0.1, 0.15) is 0 Å². The molecule has 0 atom stereocenters. The van der Waals surface area contributed by atoms with E-state index in [1.54, 1.807) is 0 Å². The van der Waals surface area contributed by atoms with E-state index in [1.165, 1.54) is 6.42 Å². The second kappa shape index (κ2) is 5.84. The number of nitrogens with one attached hydrogen (secondary N) is 2. The number of rotatable bonds is 4. The van der Waals surface area contributed by atoms with Gasteiger partial charge in [0, 0.05) is 19.0 Å². The molecule has 2 N–H and O–H groups in total. The van der Waals surface area contributed by atoms with E-state index in [2.05, 4.69) is 10.6 Å². The van der Waals surface area contributed by atoms with E-state index in [0.717, 1.165) is 30.6 Å². The van der Waals surface area contributed by atoms with E-state index >= 15 is 0 Å². The number of carbonyl (C=O) groups is 3. The predicted octanol–water partition coefficient (Wildman–Crippen LogP) is 0.235. The molecule has 1 saturated carbocycles. The molecule has 0 unspecified atom stereocenters. The lowest BCUT2D eigenvalue weighted by atomic mass is 9.89. The number of nitrogens with zero attached hydrogens (tertiary/aromatic N) is 1. The van der Waals surface area contributed by atoms with Gasteiger partial charge >= 0.3 is 6.03 Å². The zero-order chi connectivity index (χ0) is 13.0. The fourth-order valence-corrected chi connectivity index (χ4v) is 2.48. The maximum absolute atomic E-state index is 11.8. The van der Waals surface area contributed by atoms with Crippen molar-refractivity contribution in [3.05, 3.63) is 0 Å². The van der Waals surface area contributed by atoms with Crippen LogP contribution in [0.4, 0.5) is 4.79 Å². The molecule has 18 heavy (non-hydrogen) atoms. The summed E-state index contributed by atoms with van der Waals surface area (Å²) >= 11 is 0. The highest BCUT2D eigenvalue weighted by molar-refractivity contribution is 6.01. The van der Waals surface area contributed by atoms with Crippen molar-refractivity contribution in [3.8, 4) is 0 Å². The second-order valence-electron chi connectivity index (χ2n) is 4.83. The van der Waals surface area contributed by atoms with Gasteiger partial charge in [-0.3, -0.25) is 14.5 Å². The van der Waals surface area contributed by atoms with Crippen molar-refractivity contribution in [2.45, 2.75) is 32.1 Å². The Kier molecular flexibility index (Phi) is 4.17. The first-order valence-corrected chi connectivity index (χ1v) is 6.54. The van der Waals surface area contributed by atoms with Crippen LogP contribution in [0.3, 0.4) is 0 Å². The van der Waals surface area contributed by atoms with Crippen LogP contribution in [0, 0.1) is 5.92 Å². The minimum absolute atomic E-state index is 0.0572. The highest BCUT2D eigenvalue weighted by atomic mass is 16.2. The normalized spacial score (nSPS) is 21.0. The molecule has 0 aromatic rings. The van der Waals surface area contributed by atoms with Gasteiger partial charge in [0.2, 0.25) is 11.8 Å². The highest BCUT2D eigenvalue weighted by Gasteiger charge is 2.28. The van der Waals surface area contributed by atoms with Gasteiger partial charge in [-0.2, -0.15) is 0 Å². The van der Waals surface area contributed by atoms with Crippen LogP contribution < -0.4 is 10.6 Å². The lowest BCUT2D eigenvalue weighted by Gasteiger charge is -2.21. The summed E-state index contributed by atoms with van der Waals surface area (Å²) in [5.41, 5.74) is 0. The van der Waals surface area contributed by atoms with Crippen molar-refractivity contribution in [3.63, 3.8) is 0 Å². The van der Waals surface area contributed by atoms with Gasteiger partial charge in [-0.25, -0.2) is 4.79 Å². The summed E-state index contributed by atoms with van der Waals surface area (Å²) < 4.78 is 0. The lowest BCUT2D eigenvalue weighted by molar-refractivity contribution is -0.127. The van der Waals surface area contributed by atoms with Gasteiger partial charge < -0.3 is 10.6 Å². The first-order chi connectivity index (χ1) is 8.68. The molecular formula is C12H19N3O3. The monoisotopic (exact) mass is 253 g/mol. The average Bonchev–Trinajstić information content (AvgIpc) is 2.71. The SMILES string of the molecule is O=C(NCCN1C(=O)CNC1=O)C1CCCCC1. The van der Waals surface area contributed by atoms with E-state index < -0.39 is 0 Å². The van der Waals surface area contributed by atoms with Crippen LogP contribution in [0.5, 0.6) is 0 Å². The van der Waals surface area contributed by atoms with E-state index in [-0.39, 0.29) is 36.9 Å². The largest absolute Gasteiger partial charge is 0.354 e. The topological polar surface area (TPSA) is 78.5 Å². The molecule has 100 valence electrons. The van der Waals surface area contributed by atoms with Crippen LogP contribution in [0.2, 0.25) is 0 Å². The molecule has 1 saturated heterocycles. The fourth-order valence-electron chi connectivity index (χ4n) is 2.48. The number of imide groups is 1. The molecule has 2 rings (SSSR count). The summed E-state index contributed by atoms with van der Waals surface area (Å²) in [5, 5.41) is 5.25. The third-order valence-electron chi connectivity index (χ3n) is 3.55. The fraction of sp³-hybridized carbons (Fsp3) is 0.750. The molecule has 0 spiro atoms. The smallest absolute Gasteiger partial charge is 0.324 e. The van der Waals surface area contributed by atoms with Crippen molar-refractivity contribution in [2.24, 2.45) is 5.92 Å². The third-order valence-corrected chi connectivity index (χ3v) is 3.55. The molecular weight excluding hydrogens is 234 g/mol. The summed E-state index contributed by atoms with van der Waals surface area (Å²) in [6.07, 6.45) is 5.35. The molecule has 2 aliphatic rings. The van der Waals surface area contributed by atoms with Crippen LogP contribution in [0.15, 0.2) is 0 Å². The van der Waals surface area contributed by atoms with Crippen molar-refractivity contribution in [1.82, 2.24) is 15.5 Å². The summed E-state index contributed by atoms with van der Waals surface area (Å²) in [5.74, 6) is -0.0597. The van der Waals surface area contributed by atoms with Crippen LogP contribution in [-0.4, -0.2) is 42.4 Å². The first-order valence-electron chi connectivity index (χ1n) is 6.54. The highest BCUT2D eigenvalue weighted by Crippen LogP contribution is 2.23. The Morgan fingerprint density at radius 3 is 2.61 bits per heavy atom. The predicted molar refractivity (Wildman–Crippen MR) is 64.7 cm³/mol. The van der Waals surface area contributed by atoms with Gasteiger partial charge in [0.15, 0.2) is 0 Å². The maximum Gasteiger partial charge on any atom is 0.324 e. The third kappa shape index (κ3) is 3.00. The Morgan fingerprint density at radius 1 is 1.28 bits per heavy atom. The quantitative estimate of drug-likeness (QED) is 0.704. The van der Waals surface area contributed by atoms with Gasteiger partial charge in [-0.05, 0) is 12.8 Å². The minimum Gasteiger partial charge on any atom is -0.354 e. The molecule has 0 radical (unpaired) electrons. The molecule has 1 aliphatic heterocycles. The zero-order valence-corrected chi connectivity index (χ0v) is 10.4. The van der Waals surface area contributed by atoms with E-state index in [0.29, 0.717) is 6.54 Å². The lowest BCUT2D eigenvalue weighted by Crippen LogP contribution is -2.40. The van der Waals surface area contributed by atoms with Crippen molar-refractivity contribution in [2.75, 3.05) is 19.6 Å². The molecule has 1 aliphatic carbocycles. The second-order valence-corrected chi connectivity index (χ2v) is 4.83. The number of hydrogen-bond acceptors (Lipinski definition) is 3. The van der Waals surface area contributed by atoms with Gasteiger partial charge in [-0.15, -0.1) is 0 Å².